The first-order valence-corrected chi connectivity index (χ1v) is 8.51. The number of piperidine rings is 1. The maximum absolute atomic E-state index is 11.6. The summed E-state index contributed by atoms with van der Waals surface area (Å²) < 4.78 is 0. The zero-order valence-corrected chi connectivity index (χ0v) is 16.3. The number of nitrogens with zero attached hydrogens (tertiary/aromatic N) is 2. The number of likely N-dealkylation sites (tertiary alicyclic amines) is 1. The average Bonchev–Trinajstić information content (AvgIpc) is 3.27. The minimum Gasteiger partial charge on any atom is -0.357 e. The molecule has 0 spiro atoms. The normalized spacial score (nSPS) is 19.5. The highest BCUT2D eigenvalue weighted by Crippen LogP contribution is 2.18. The number of guanidine groups is 1. The Morgan fingerprint density at radius 3 is 2.50 bits per heavy atom. The molecule has 1 aliphatic heterocycles. The Morgan fingerprint density at radius 2 is 1.91 bits per heavy atom. The highest BCUT2D eigenvalue weighted by molar-refractivity contribution is 14.0. The third-order valence-corrected chi connectivity index (χ3v) is 4.18. The summed E-state index contributed by atoms with van der Waals surface area (Å²) in [5.41, 5.74) is 0. The van der Waals surface area contributed by atoms with Crippen molar-refractivity contribution in [2.24, 2.45) is 10.9 Å². The largest absolute Gasteiger partial charge is 0.357 e. The molecule has 2 rings (SSSR count). The van der Waals surface area contributed by atoms with Crippen LogP contribution in [0.1, 0.15) is 52.4 Å². The van der Waals surface area contributed by atoms with Crippen molar-refractivity contribution < 1.29 is 4.79 Å². The molecule has 0 unspecified atom stereocenters. The first-order chi connectivity index (χ1) is 10.2. The Bertz CT molecular complexity index is 363. The molecule has 0 radical (unpaired) electrons. The Balaban J connectivity index is 0.00000242. The van der Waals surface area contributed by atoms with Gasteiger partial charge in [0.05, 0.1) is 0 Å². The van der Waals surface area contributed by atoms with Crippen molar-refractivity contribution >= 4 is 35.8 Å². The standard InChI is InChI=1S/C16H30N4O.HI/c1-3-17-16(20-11-8-13(2)9-12-20)18-10-4-5-15(21)19-14-6-7-14;/h13-14H,3-12H2,1-2H3,(H,17,18)(H,19,21);1H. The summed E-state index contributed by atoms with van der Waals surface area (Å²) in [6.07, 6.45) is 6.22. The Kier molecular flexibility index (Phi) is 9.12. The van der Waals surface area contributed by atoms with Crippen molar-refractivity contribution in [3.63, 3.8) is 0 Å². The minimum atomic E-state index is 0. The summed E-state index contributed by atoms with van der Waals surface area (Å²) in [5, 5.41) is 6.39. The van der Waals surface area contributed by atoms with Crippen LogP contribution in [-0.4, -0.2) is 49.0 Å². The van der Waals surface area contributed by atoms with Crippen LogP contribution in [0.2, 0.25) is 0 Å². The topological polar surface area (TPSA) is 56.7 Å². The third-order valence-electron chi connectivity index (χ3n) is 4.18. The van der Waals surface area contributed by atoms with E-state index in [1.54, 1.807) is 0 Å². The van der Waals surface area contributed by atoms with Crippen molar-refractivity contribution in [1.82, 2.24) is 15.5 Å². The molecule has 0 aromatic carbocycles. The van der Waals surface area contributed by atoms with E-state index in [1.165, 1.54) is 12.8 Å². The molecule has 1 aliphatic carbocycles. The van der Waals surface area contributed by atoms with Crippen molar-refractivity contribution in [3.05, 3.63) is 0 Å². The highest BCUT2D eigenvalue weighted by atomic mass is 127. The summed E-state index contributed by atoms with van der Waals surface area (Å²) in [5.74, 6) is 2.03. The molecule has 0 atom stereocenters. The summed E-state index contributed by atoms with van der Waals surface area (Å²) in [6, 6.07) is 0.466. The van der Waals surface area contributed by atoms with Gasteiger partial charge in [-0.05, 0) is 44.9 Å². The average molecular weight is 422 g/mol. The smallest absolute Gasteiger partial charge is 0.220 e. The van der Waals surface area contributed by atoms with Gasteiger partial charge in [-0.15, -0.1) is 24.0 Å². The van der Waals surface area contributed by atoms with Crippen LogP contribution in [0.25, 0.3) is 0 Å². The van der Waals surface area contributed by atoms with Crippen LogP contribution in [0, 0.1) is 5.92 Å². The van der Waals surface area contributed by atoms with E-state index in [4.69, 9.17) is 0 Å². The van der Waals surface area contributed by atoms with E-state index in [9.17, 15) is 4.79 Å². The lowest BCUT2D eigenvalue weighted by Gasteiger charge is -2.33. The van der Waals surface area contributed by atoms with Crippen molar-refractivity contribution in [3.8, 4) is 0 Å². The van der Waals surface area contributed by atoms with Crippen LogP contribution in [-0.2, 0) is 4.79 Å². The molecule has 2 aliphatic rings. The molecular formula is C16H31IN4O. The SMILES string of the molecule is CCNC(=NCCCC(=O)NC1CC1)N1CCC(C)CC1.I. The highest BCUT2D eigenvalue weighted by Gasteiger charge is 2.22. The number of amides is 1. The van der Waals surface area contributed by atoms with E-state index in [-0.39, 0.29) is 29.9 Å². The number of carbonyl (C=O) groups excluding carboxylic acids is 1. The van der Waals surface area contributed by atoms with Gasteiger partial charge in [0.25, 0.3) is 0 Å². The molecule has 6 heteroatoms. The van der Waals surface area contributed by atoms with E-state index in [0.29, 0.717) is 12.5 Å². The molecule has 2 N–H and O–H groups in total. The number of nitrogens with one attached hydrogen (secondary N) is 2. The first kappa shape index (κ1) is 19.5. The van der Waals surface area contributed by atoms with E-state index in [0.717, 1.165) is 57.3 Å². The summed E-state index contributed by atoms with van der Waals surface area (Å²) in [4.78, 5) is 18.7. The van der Waals surface area contributed by atoms with Crippen LogP contribution in [0.15, 0.2) is 4.99 Å². The molecular weight excluding hydrogens is 391 g/mol. The third kappa shape index (κ3) is 7.15. The van der Waals surface area contributed by atoms with E-state index < -0.39 is 0 Å². The van der Waals surface area contributed by atoms with Crippen molar-refractivity contribution in [1.29, 1.82) is 0 Å². The fraction of sp³-hybridized carbons (Fsp3) is 0.875. The van der Waals surface area contributed by atoms with E-state index in [1.807, 2.05) is 0 Å². The lowest BCUT2D eigenvalue weighted by molar-refractivity contribution is -0.121. The van der Waals surface area contributed by atoms with Gasteiger partial charge in [-0.1, -0.05) is 6.92 Å². The van der Waals surface area contributed by atoms with Gasteiger partial charge in [0.2, 0.25) is 5.91 Å². The zero-order chi connectivity index (χ0) is 15.1. The van der Waals surface area contributed by atoms with E-state index >= 15 is 0 Å². The van der Waals surface area contributed by atoms with E-state index in [2.05, 4.69) is 34.4 Å². The molecule has 1 heterocycles. The van der Waals surface area contributed by atoms with Crippen LogP contribution in [0.5, 0.6) is 0 Å². The molecule has 0 aromatic heterocycles. The zero-order valence-electron chi connectivity index (χ0n) is 13.9. The van der Waals surface area contributed by atoms with Gasteiger partial charge in [-0.3, -0.25) is 9.79 Å². The minimum absolute atomic E-state index is 0. The number of halogens is 1. The molecule has 5 nitrogen and oxygen atoms in total. The molecule has 1 saturated heterocycles. The number of carbonyl (C=O) groups is 1. The van der Waals surface area contributed by atoms with Gasteiger partial charge in [0.15, 0.2) is 5.96 Å². The fourth-order valence-electron chi connectivity index (χ4n) is 2.60. The molecule has 2 fully saturated rings. The number of rotatable bonds is 6. The molecule has 1 saturated carbocycles. The Hall–Kier alpha value is -0.530. The lowest BCUT2D eigenvalue weighted by atomic mass is 10.00. The second-order valence-electron chi connectivity index (χ2n) is 6.35. The summed E-state index contributed by atoms with van der Waals surface area (Å²) in [6.45, 7) is 8.23. The van der Waals surface area contributed by atoms with Crippen molar-refractivity contribution in [2.75, 3.05) is 26.2 Å². The maximum atomic E-state index is 11.6. The molecule has 22 heavy (non-hydrogen) atoms. The van der Waals surface area contributed by atoms with Gasteiger partial charge in [0, 0.05) is 38.6 Å². The van der Waals surface area contributed by atoms with Gasteiger partial charge in [-0.25, -0.2) is 0 Å². The molecule has 128 valence electrons. The fourth-order valence-corrected chi connectivity index (χ4v) is 2.60. The number of hydrogen-bond acceptors (Lipinski definition) is 2. The van der Waals surface area contributed by atoms with Crippen LogP contribution in [0.3, 0.4) is 0 Å². The second-order valence-corrected chi connectivity index (χ2v) is 6.35. The van der Waals surface area contributed by atoms with Crippen LogP contribution in [0.4, 0.5) is 0 Å². The lowest BCUT2D eigenvalue weighted by Crippen LogP contribution is -2.45. The number of aliphatic imine (C=N–C) groups is 1. The molecule has 1 amide bonds. The monoisotopic (exact) mass is 422 g/mol. The predicted octanol–water partition coefficient (Wildman–Crippen LogP) is 2.36. The van der Waals surface area contributed by atoms with Crippen LogP contribution < -0.4 is 10.6 Å². The predicted molar refractivity (Wildman–Crippen MR) is 102 cm³/mol. The Labute approximate surface area is 151 Å². The summed E-state index contributed by atoms with van der Waals surface area (Å²) in [7, 11) is 0. The van der Waals surface area contributed by atoms with Crippen LogP contribution >= 0.6 is 24.0 Å². The van der Waals surface area contributed by atoms with Gasteiger partial charge in [-0.2, -0.15) is 0 Å². The summed E-state index contributed by atoms with van der Waals surface area (Å²) >= 11 is 0. The van der Waals surface area contributed by atoms with Gasteiger partial charge >= 0.3 is 0 Å². The first-order valence-electron chi connectivity index (χ1n) is 8.51. The van der Waals surface area contributed by atoms with Gasteiger partial charge < -0.3 is 15.5 Å². The Morgan fingerprint density at radius 1 is 1.23 bits per heavy atom. The second kappa shape index (κ2) is 10.3. The maximum Gasteiger partial charge on any atom is 0.220 e. The number of hydrogen-bond donors (Lipinski definition) is 2. The van der Waals surface area contributed by atoms with Gasteiger partial charge in [0.1, 0.15) is 0 Å². The quantitative estimate of drug-likeness (QED) is 0.299. The molecule has 0 aromatic rings. The molecule has 0 bridgehead atoms. The van der Waals surface area contributed by atoms with Crippen molar-refractivity contribution in [2.45, 2.75) is 58.4 Å².